The number of fused-ring (bicyclic) bond motifs is 4. The van der Waals surface area contributed by atoms with Crippen molar-refractivity contribution in [3.05, 3.63) is 58.1 Å². The van der Waals surface area contributed by atoms with Crippen LogP contribution >= 0.6 is 15.9 Å². The Morgan fingerprint density at radius 3 is 3.00 bits per heavy atom. The first-order valence-electron chi connectivity index (χ1n) is 7.11. The van der Waals surface area contributed by atoms with Crippen molar-refractivity contribution in [2.75, 3.05) is 0 Å². The van der Waals surface area contributed by atoms with E-state index >= 15 is 0 Å². The number of rotatable bonds is 1. The van der Waals surface area contributed by atoms with Crippen molar-refractivity contribution in [1.82, 2.24) is 14.9 Å². The fourth-order valence-electron chi connectivity index (χ4n) is 3.51. The number of halogens is 1. The van der Waals surface area contributed by atoms with Crippen LogP contribution in [0.5, 0.6) is 0 Å². The molecule has 0 N–H and O–H groups in total. The Morgan fingerprint density at radius 2 is 2.14 bits per heavy atom. The van der Waals surface area contributed by atoms with E-state index in [2.05, 4.69) is 25.9 Å². The van der Waals surface area contributed by atoms with Gasteiger partial charge in [0.2, 0.25) is 0 Å². The zero-order valence-corrected chi connectivity index (χ0v) is 13.0. The zero-order chi connectivity index (χ0) is 14.4. The highest BCUT2D eigenvalue weighted by molar-refractivity contribution is 9.10. The van der Waals surface area contributed by atoms with E-state index in [9.17, 15) is 4.79 Å². The van der Waals surface area contributed by atoms with Crippen molar-refractivity contribution < 1.29 is 4.79 Å². The summed E-state index contributed by atoms with van der Waals surface area (Å²) in [7, 11) is 0. The van der Waals surface area contributed by atoms with Crippen molar-refractivity contribution in [3.63, 3.8) is 0 Å². The topological polar surface area (TPSA) is 46.1 Å². The second-order valence-corrected chi connectivity index (χ2v) is 6.42. The van der Waals surface area contributed by atoms with E-state index in [0.29, 0.717) is 0 Å². The van der Waals surface area contributed by atoms with Gasteiger partial charge in [-0.1, -0.05) is 12.1 Å². The van der Waals surface area contributed by atoms with E-state index in [0.717, 1.165) is 40.6 Å². The van der Waals surface area contributed by atoms with Crippen molar-refractivity contribution in [3.8, 4) is 0 Å². The van der Waals surface area contributed by atoms with Gasteiger partial charge in [0.1, 0.15) is 6.33 Å². The Kier molecular flexibility index (Phi) is 3.03. The maximum absolute atomic E-state index is 12.9. The number of amides is 1. The molecule has 106 valence electrons. The summed E-state index contributed by atoms with van der Waals surface area (Å²) in [6.45, 7) is 0. The van der Waals surface area contributed by atoms with Gasteiger partial charge in [0.05, 0.1) is 17.3 Å². The number of carbonyl (C=O) groups excluding carboxylic acids is 1. The second-order valence-electron chi connectivity index (χ2n) is 5.57. The highest BCUT2D eigenvalue weighted by atomic mass is 79.9. The largest absolute Gasteiger partial charge is 0.328 e. The number of aromatic nitrogens is 2. The second kappa shape index (κ2) is 4.91. The summed E-state index contributed by atoms with van der Waals surface area (Å²) in [5.74, 6) is 0.101. The summed E-state index contributed by atoms with van der Waals surface area (Å²) < 4.78 is 0.851. The number of benzene rings is 1. The SMILES string of the molecule is O=C(c1ccccc1Br)N1C2CCC1c1cncnc1C2. The Hall–Kier alpha value is -1.75. The van der Waals surface area contributed by atoms with Crippen LogP contribution in [-0.4, -0.2) is 26.8 Å². The molecule has 3 heterocycles. The smallest absolute Gasteiger partial charge is 0.255 e. The molecule has 5 heteroatoms. The quantitative estimate of drug-likeness (QED) is 0.798. The summed E-state index contributed by atoms with van der Waals surface area (Å²) in [5, 5.41) is 0. The van der Waals surface area contributed by atoms with Gasteiger partial charge in [-0.2, -0.15) is 0 Å². The van der Waals surface area contributed by atoms with Crippen LogP contribution in [0.4, 0.5) is 0 Å². The van der Waals surface area contributed by atoms with Crippen LogP contribution in [0, 0.1) is 0 Å². The van der Waals surface area contributed by atoms with Crippen LogP contribution in [0.3, 0.4) is 0 Å². The van der Waals surface area contributed by atoms with Crippen LogP contribution < -0.4 is 0 Å². The minimum atomic E-state index is 0.101. The molecular formula is C16H14BrN3O. The Bertz CT molecular complexity index is 718. The minimum Gasteiger partial charge on any atom is -0.328 e. The first-order chi connectivity index (χ1) is 10.3. The number of carbonyl (C=O) groups is 1. The van der Waals surface area contributed by atoms with Crippen LogP contribution in [-0.2, 0) is 6.42 Å². The van der Waals surface area contributed by atoms with Crippen LogP contribution in [0.15, 0.2) is 41.3 Å². The van der Waals surface area contributed by atoms with Gasteiger partial charge in [-0.3, -0.25) is 4.79 Å². The summed E-state index contributed by atoms with van der Waals surface area (Å²) in [6.07, 6.45) is 6.35. The van der Waals surface area contributed by atoms with E-state index in [-0.39, 0.29) is 18.0 Å². The van der Waals surface area contributed by atoms with Crippen molar-refractivity contribution in [2.45, 2.75) is 31.3 Å². The molecule has 2 unspecified atom stereocenters. The molecule has 21 heavy (non-hydrogen) atoms. The molecule has 1 fully saturated rings. The first-order valence-corrected chi connectivity index (χ1v) is 7.91. The lowest BCUT2D eigenvalue weighted by atomic mass is 9.98. The van der Waals surface area contributed by atoms with Gasteiger partial charge in [-0.25, -0.2) is 9.97 Å². The third-order valence-corrected chi connectivity index (χ3v) is 5.15. The van der Waals surface area contributed by atoms with Gasteiger partial charge in [0.15, 0.2) is 0 Å². The fraction of sp³-hybridized carbons (Fsp3) is 0.312. The molecule has 0 spiro atoms. The first kappa shape index (κ1) is 13.0. The van der Waals surface area contributed by atoms with E-state index in [1.54, 1.807) is 6.33 Å². The number of nitrogens with zero attached hydrogens (tertiary/aromatic N) is 3. The normalized spacial score (nSPS) is 23.0. The van der Waals surface area contributed by atoms with E-state index in [4.69, 9.17) is 0 Å². The third kappa shape index (κ3) is 1.99. The third-order valence-electron chi connectivity index (χ3n) is 4.46. The summed E-state index contributed by atoms with van der Waals surface area (Å²) in [6, 6.07) is 8.01. The molecule has 1 aromatic heterocycles. The molecular weight excluding hydrogens is 330 g/mol. The molecule has 2 aliphatic heterocycles. The van der Waals surface area contributed by atoms with Gasteiger partial charge < -0.3 is 4.90 Å². The van der Waals surface area contributed by atoms with E-state index in [1.807, 2.05) is 35.4 Å². The van der Waals surface area contributed by atoms with Gasteiger partial charge in [0.25, 0.3) is 5.91 Å². The number of hydrogen-bond acceptors (Lipinski definition) is 3. The van der Waals surface area contributed by atoms with Crippen molar-refractivity contribution in [2.24, 2.45) is 0 Å². The zero-order valence-electron chi connectivity index (χ0n) is 11.4. The summed E-state index contributed by atoms with van der Waals surface area (Å²) in [4.78, 5) is 23.5. The van der Waals surface area contributed by atoms with Crippen molar-refractivity contribution >= 4 is 21.8 Å². The predicted molar refractivity (Wildman–Crippen MR) is 81.8 cm³/mol. The van der Waals surface area contributed by atoms with Crippen LogP contribution in [0.25, 0.3) is 0 Å². The minimum absolute atomic E-state index is 0.101. The van der Waals surface area contributed by atoms with E-state index < -0.39 is 0 Å². The lowest BCUT2D eigenvalue weighted by molar-refractivity contribution is 0.0643. The average molecular weight is 344 g/mol. The Morgan fingerprint density at radius 1 is 1.29 bits per heavy atom. The average Bonchev–Trinajstić information content (AvgIpc) is 2.82. The van der Waals surface area contributed by atoms with E-state index in [1.165, 1.54) is 0 Å². The maximum atomic E-state index is 12.9. The van der Waals surface area contributed by atoms with Gasteiger partial charge in [-0.05, 0) is 40.9 Å². The molecule has 2 aromatic rings. The Labute approximate surface area is 131 Å². The molecule has 1 saturated heterocycles. The molecule has 2 aliphatic rings. The molecule has 0 aliphatic carbocycles. The lowest BCUT2D eigenvalue weighted by Gasteiger charge is -2.35. The van der Waals surface area contributed by atoms with Crippen LogP contribution in [0.2, 0.25) is 0 Å². The lowest BCUT2D eigenvalue weighted by Crippen LogP contribution is -2.42. The molecule has 1 amide bonds. The fourth-order valence-corrected chi connectivity index (χ4v) is 3.96. The summed E-state index contributed by atoms with van der Waals surface area (Å²) >= 11 is 3.48. The molecule has 0 radical (unpaired) electrons. The summed E-state index contributed by atoms with van der Waals surface area (Å²) in [5.41, 5.74) is 2.95. The maximum Gasteiger partial charge on any atom is 0.255 e. The van der Waals surface area contributed by atoms with Gasteiger partial charge in [0, 0.05) is 28.7 Å². The van der Waals surface area contributed by atoms with Gasteiger partial charge in [-0.15, -0.1) is 0 Å². The molecule has 2 bridgehead atoms. The number of hydrogen-bond donors (Lipinski definition) is 0. The van der Waals surface area contributed by atoms with Gasteiger partial charge >= 0.3 is 0 Å². The Balaban J connectivity index is 1.75. The highest BCUT2D eigenvalue weighted by Crippen LogP contribution is 2.43. The predicted octanol–water partition coefficient (Wildman–Crippen LogP) is 3.14. The molecule has 4 rings (SSSR count). The van der Waals surface area contributed by atoms with Crippen molar-refractivity contribution in [1.29, 1.82) is 0 Å². The molecule has 1 aromatic carbocycles. The highest BCUT2D eigenvalue weighted by Gasteiger charge is 2.43. The standard InChI is InChI=1S/C16H14BrN3O/c17-13-4-2-1-3-11(13)16(21)20-10-5-6-15(20)12-8-18-9-19-14(12)7-10/h1-4,8-10,15H,5-7H2. The molecule has 4 nitrogen and oxygen atoms in total. The molecule has 0 saturated carbocycles. The molecule has 2 atom stereocenters. The monoisotopic (exact) mass is 343 g/mol. The van der Waals surface area contributed by atoms with Crippen LogP contribution in [0.1, 0.15) is 40.5 Å².